The van der Waals surface area contributed by atoms with Crippen LogP contribution in [-0.4, -0.2) is 15.0 Å². The highest BCUT2D eigenvalue weighted by Crippen LogP contribution is 2.13. The first-order chi connectivity index (χ1) is 6.79. The number of rotatable bonds is 2. The fourth-order valence-corrected chi connectivity index (χ4v) is 1.21. The fourth-order valence-electron chi connectivity index (χ4n) is 1.07. The molecule has 0 aliphatic heterocycles. The molecule has 72 valence electrons. The van der Waals surface area contributed by atoms with Crippen LogP contribution in [0.15, 0.2) is 24.5 Å². The molecule has 2 rings (SSSR count). The first kappa shape index (κ1) is 9.15. The van der Waals surface area contributed by atoms with Gasteiger partial charge in [0.15, 0.2) is 5.82 Å². The average molecular weight is 212 g/mol. The summed E-state index contributed by atoms with van der Waals surface area (Å²) in [6.07, 6.45) is 2.78. The lowest BCUT2D eigenvalue weighted by atomic mass is 10.3. The Bertz CT molecular complexity index is 424. The van der Waals surface area contributed by atoms with Gasteiger partial charge in [0.2, 0.25) is 0 Å². The Balaban J connectivity index is 2.34. The van der Waals surface area contributed by atoms with E-state index in [0.717, 1.165) is 11.9 Å². The molecule has 2 aromatic heterocycles. The van der Waals surface area contributed by atoms with E-state index in [-0.39, 0.29) is 5.82 Å². The zero-order valence-electron chi connectivity index (χ0n) is 7.17. The van der Waals surface area contributed by atoms with Crippen molar-refractivity contribution in [1.82, 2.24) is 15.0 Å². The van der Waals surface area contributed by atoms with E-state index < -0.39 is 0 Å². The highest BCUT2D eigenvalue weighted by atomic mass is 35.5. The van der Waals surface area contributed by atoms with Gasteiger partial charge < -0.3 is 4.98 Å². The highest BCUT2D eigenvalue weighted by molar-refractivity contribution is 6.16. The predicted octanol–water partition coefficient (Wildman–Crippen LogP) is 2.35. The molecule has 0 spiro atoms. The van der Waals surface area contributed by atoms with E-state index in [1.165, 1.54) is 6.07 Å². The number of aromatic nitrogens is 3. The molecule has 1 N–H and O–H groups in total. The number of aromatic amines is 1. The van der Waals surface area contributed by atoms with Crippen molar-refractivity contribution in [3.63, 3.8) is 0 Å². The van der Waals surface area contributed by atoms with Gasteiger partial charge in [0, 0.05) is 11.9 Å². The Morgan fingerprint density at radius 1 is 1.29 bits per heavy atom. The van der Waals surface area contributed by atoms with Crippen LogP contribution in [0.4, 0.5) is 4.39 Å². The Labute approximate surface area is 85.0 Å². The summed E-state index contributed by atoms with van der Waals surface area (Å²) >= 11 is 5.60. The van der Waals surface area contributed by atoms with Crippen molar-refractivity contribution in [3.8, 4) is 11.5 Å². The Morgan fingerprint density at radius 2 is 2.14 bits per heavy atom. The molecule has 3 nitrogen and oxygen atoms in total. The maximum Gasteiger partial charge on any atom is 0.156 e. The summed E-state index contributed by atoms with van der Waals surface area (Å²) in [6.45, 7) is 0. The van der Waals surface area contributed by atoms with Gasteiger partial charge in [-0.3, -0.25) is 0 Å². The standard InChI is InChI=1S/C9H7ClFN3/c10-3-7-5-13-9(14-7)8-2-1-6(11)4-12-8/h1-2,4-5H,3H2,(H,13,14). The number of imidazole rings is 1. The van der Waals surface area contributed by atoms with Crippen molar-refractivity contribution in [2.45, 2.75) is 5.88 Å². The van der Waals surface area contributed by atoms with Crippen LogP contribution in [0.2, 0.25) is 0 Å². The summed E-state index contributed by atoms with van der Waals surface area (Å²) in [5, 5.41) is 0. The zero-order valence-corrected chi connectivity index (χ0v) is 7.92. The van der Waals surface area contributed by atoms with Crippen molar-refractivity contribution in [3.05, 3.63) is 36.0 Å². The molecule has 2 aromatic rings. The van der Waals surface area contributed by atoms with Crippen LogP contribution in [0.3, 0.4) is 0 Å². The lowest BCUT2D eigenvalue weighted by molar-refractivity contribution is 0.621. The van der Waals surface area contributed by atoms with Crippen molar-refractivity contribution >= 4 is 11.6 Å². The van der Waals surface area contributed by atoms with E-state index in [0.29, 0.717) is 17.4 Å². The van der Waals surface area contributed by atoms with Gasteiger partial charge in [-0.25, -0.2) is 14.4 Å². The minimum absolute atomic E-state index is 0.363. The maximum atomic E-state index is 12.6. The van der Waals surface area contributed by atoms with Gasteiger partial charge in [-0.1, -0.05) is 0 Å². The van der Waals surface area contributed by atoms with Gasteiger partial charge in [0.25, 0.3) is 0 Å². The van der Waals surface area contributed by atoms with Crippen molar-refractivity contribution in [2.24, 2.45) is 0 Å². The van der Waals surface area contributed by atoms with Crippen LogP contribution in [0.25, 0.3) is 11.5 Å². The molecule has 0 bridgehead atoms. The summed E-state index contributed by atoms with van der Waals surface area (Å²) in [5.74, 6) is 0.604. The Kier molecular flexibility index (Phi) is 2.45. The van der Waals surface area contributed by atoms with Gasteiger partial charge in [-0.05, 0) is 12.1 Å². The maximum absolute atomic E-state index is 12.6. The summed E-state index contributed by atoms with van der Waals surface area (Å²) in [5.41, 5.74) is 1.41. The van der Waals surface area contributed by atoms with Crippen LogP contribution in [0.5, 0.6) is 0 Å². The minimum Gasteiger partial charge on any atom is -0.340 e. The highest BCUT2D eigenvalue weighted by Gasteiger charge is 2.03. The number of hydrogen-bond acceptors (Lipinski definition) is 2. The number of alkyl halides is 1. The van der Waals surface area contributed by atoms with Gasteiger partial charge in [-0.2, -0.15) is 0 Å². The number of nitrogens with zero attached hydrogens (tertiary/aromatic N) is 2. The van der Waals surface area contributed by atoms with Gasteiger partial charge in [-0.15, -0.1) is 11.6 Å². The third kappa shape index (κ3) is 1.75. The molecular weight excluding hydrogens is 205 g/mol. The quantitative estimate of drug-likeness (QED) is 0.775. The molecule has 0 atom stereocenters. The number of nitrogens with one attached hydrogen (secondary N) is 1. The molecule has 0 aromatic carbocycles. The second-order valence-corrected chi connectivity index (χ2v) is 3.02. The number of H-pyrrole nitrogens is 1. The Hall–Kier alpha value is -1.42. The molecular formula is C9H7ClFN3. The molecule has 0 aliphatic rings. The molecule has 0 amide bonds. The van der Waals surface area contributed by atoms with Crippen LogP contribution < -0.4 is 0 Å². The second kappa shape index (κ2) is 3.75. The minimum atomic E-state index is -0.363. The molecule has 5 heteroatoms. The monoisotopic (exact) mass is 211 g/mol. The van der Waals surface area contributed by atoms with Crippen molar-refractivity contribution in [2.75, 3.05) is 0 Å². The first-order valence-electron chi connectivity index (χ1n) is 4.01. The first-order valence-corrected chi connectivity index (χ1v) is 4.55. The van der Waals surface area contributed by atoms with Gasteiger partial charge in [0.05, 0.1) is 12.1 Å². The summed E-state index contributed by atoms with van der Waals surface area (Å²) in [6, 6.07) is 2.90. The van der Waals surface area contributed by atoms with Gasteiger partial charge >= 0.3 is 0 Å². The van der Waals surface area contributed by atoms with E-state index in [9.17, 15) is 4.39 Å². The van der Waals surface area contributed by atoms with Crippen LogP contribution in [0.1, 0.15) is 5.69 Å². The predicted molar refractivity (Wildman–Crippen MR) is 51.3 cm³/mol. The van der Waals surface area contributed by atoms with E-state index in [1.807, 2.05) is 0 Å². The van der Waals surface area contributed by atoms with Crippen molar-refractivity contribution < 1.29 is 4.39 Å². The van der Waals surface area contributed by atoms with E-state index in [2.05, 4.69) is 15.0 Å². The molecule has 0 saturated carbocycles. The molecule has 0 saturated heterocycles. The lowest BCUT2D eigenvalue weighted by Crippen LogP contribution is -1.86. The summed E-state index contributed by atoms with van der Waals surface area (Å²) < 4.78 is 12.6. The van der Waals surface area contributed by atoms with E-state index in [1.54, 1.807) is 12.3 Å². The van der Waals surface area contributed by atoms with Gasteiger partial charge in [0.1, 0.15) is 11.5 Å². The summed E-state index contributed by atoms with van der Waals surface area (Å²) in [7, 11) is 0. The lowest BCUT2D eigenvalue weighted by Gasteiger charge is -1.94. The molecule has 14 heavy (non-hydrogen) atoms. The van der Waals surface area contributed by atoms with Crippen molar-refractivity contribution in [1.29, 1.82) is 0 Å². The fraction of sp³-hybridized carbons (Fsp3) is 0.111. The molecule has 0 radical (unpaired) electrons. The van der Waals surface area contributed by atoms with Crippen LogP contribution in [-0.2, 0) is 5.88 Å². The second-order valence-electron chi connectivity index (χ2n) is 2.75. The van der Waals surface area contributed by atoms with E-state index >= 15 is 0 Å². The molecule has 0 aliphatic carbocycles. The SMILES string of the molecule is Fc1ccc(-c2ncc(CCl)[nH]2)nc1. The third-order valence-electron chi connectivity index (χ3n) is 1.74. The largest absolute Gasteiger partial charge is 0.340 e. The topological polar surface area (TPSA) is 41.6 Å². The number of halogens is 2. The number of hydrogen-bond donors (Lipinski definition) is 1. The zero-order chi connectivity index (χ0) is 9.97. The molecule has 2 heterocycles. The smallest absolute Gasteiger partial charge is 0.156 e. The Morgan fingerprint density at radius 3 is 2.71 bits per heavy atom. The van der Waals surface area contributed by atoms with Crippen LogP contribution in [0, 0.1) is 5.82 Å². The summed E-state index contributed by atoms with van der Waals surface area (Å²) in [4.78, 5) is 10.9. The number of pyridine rings is 1. The normalized spacial score (nSPS) is 10.4. The average Bonchev–Trinajstić information content (AvgIpc) is 2.67. The van der Waals surface area contributed by atoms with Crippen LogP contribution >= 0.6 is 11.6 Å². The molecule has 0 fully saturated rings. The third-order valence-corrected chi connectivity index (χ3v) is 2.03. The van der Waals surface area contributed by atoms with E-state index in [4.69, 9.17) is 11.6 Å². The molecule has 0 unspecified atom stereocenters.